The first kappa shape index (κ1) is 13.9. The van der Waals surface area contributed by atoms with Gasteiger partial charge in [-0.15, -0.1) is 0 Å². The summed E-state index contributed by atoms with van der Waals surface area (Å²) in [7, 11) is 0. The predicted molar refractivity (Wildman–Crippen MR) is 63.8 cm³/mol. The standard InChI is InChI=1S/C12H25NO3/c1-3-14-7-8-15-11(2)9-13-10-12-5-4-6-16-12/h11-13H,3-10H2,1-2H3. The van der Waals surface area contributed by atoms with Crippen LogP contribution in [0.15, 0.2) is 0 Å². The van der Waals surface area contributed by atoms with E-state index in [1.807, 2.05) is 6.92 Å². The molecule has 0 bridgehead atoms. The van der Waals surface area contributed by atoms with Crippen LogP contribution in [-0.4, -0.2) is 51.7 Å². The van der Waals surface area contributed by atoms with E-state index in [4.69, 9.17) is 14.2 Å². The second kappa shape index (κ2) is 8.93. The van der Waals surface area contributed by atoms with Gasteiger partial charge in [0.25, 0.3) is 0 Å². The smallest absolute Gasteiger partial charge is 0.0704 e. The van der Waals surface area contributed by atoms with Crippen molar-refractivity contribution in [3.63, 3.8) is 0 Å². The van der Waals surface area contributed by atoms with Gasteiger partial charge < -0.3 is 19.5 Å². The van der Waals surface area contributed by atoms with Gasteiger partial charge in [0.15, 0.2) is 0 Å². The molecular weight excluding hydrogens is 206 g/mol. The molecule has 0 aliphatic carbocycles. The minimum atomic E-state index is 0.238. The molecule has 1 aliphatic rings. The molecule has 0 spiro atoms. The lowest BCUT2D eigenvalue weighted by atomic mass is 10.2. The Bertz CT molecular complexity index is 160. The fraction of sp³-hybridized carbons (Fsp3) is 1.00. The Morgan fingerprint density at radius 3 is 3.00 bits per heavy atom. The molecule has 1 aliphatic heterocycles. The van der Waals surface area contributed by atoms with Gasteiger partial charge in [0, 0.05) is 26.3 Å². The van der Waals surface area contributed by atoms with Gasteiger partial charge in [0.2, 0.25) is 0 Å². The van der Waals surface area contributed by atoms with E-state index in [1.54, 1.807) is 0 Å². The summed E-state index contributed by atoms with van der Waals surface area (Å²) in [5.74, 6) is 0. The zero-order valence-corrected chi connectivity index (χ0v) is 10.5. The highest BCUT2D eigenvalue weighted by Gasteiger charge is 2.14. The molecule has 4 heteroatoms. The summed E-state index contributed by atoms with van der Waals surface area (Å²) in [4.78, 5) is 0. The number of nitrogens with one attached hydrogen (secondary N) is 1. The lowest BCUT2D eigenvalue weighted by Gasteiger charge is -2.16. The van der Waals surface area contributed by atoms with Crippen molar-refractivity contribution in [3.05, 3.63) is 0 Å². The molecule has 1 heterocycles. The van der Waals surface area contributed by atoms with E-state index < -0.39 is 0 Å². The molecule has 1 fully saturated rings. The van der Waals surface area contributed by atoms with Crippen molar-refractivity contribution < 1.29 is 14.2 Å². The second-order valence-corrected chi connectivity index (χ2v) is 4.17. The molecule has 0 aromatic carbocycles. The van der Waals surface area contributed by atoms with Gasteiger partial charge in [-0.05, 0) is 26.7 Å². The summed E-state index contributed by atoms with van der Waals surface area (Å²) in [6.45, 7) is 8.94. The molecule has 0 aromatic rings. The zero-order chi connectivity index (χ0) is 11.6. The van der Waals surface area contributed by atoms with Crippen molar-refractivity contribution in [1.29, 1.82) is 0 Å². The fourth-order valence-corrected chi connectivity index (χ4v) is 1.76. The number of hydrogen-bond acceptors (Lipinski definition) is 4. The van der Waals surface area contributed by atoms with Crippen LogP contribution in [-0.2, 0) is 14.2 Å². The molecule has 0 amide bonds. The van der Waals surface area contributed by atoms with Crippen LogP contribution in [0, 0.1) is 0 Å². The van der Waals surface area contributed by atoms with Crippen LogP contribution in [0.5, 0.6) is 0 Å². The number of rotatable bonds is 9. The third-order valence-electron chi connectivity index (χ3n) is 2.66. The van der Waals surface area contributed by atoms with E-state index in [-0.39, 0.29) is 6.10 Å². The van der Waals surface area contributed by atoms with Gasteiger partial charge in [0.05, 0.1) is 25.4 Å². The number of hydrogen-bond donors (Lipinski definition) is 1. The SMILES string of the molecule is CCOCCOC(C)CNCC1CCCO1. The normalized spacial score (nSPS) is 22.5. The highest BCUT2D eigenvalue weighted by atomic mass is 16.5. The van der Waals surface area contributed by atoms with Gasteiger partial charge >= 0.3 is 0 Å². The molecule has 2 atom stereocenters. The van der Waals surface area contributed by atoms with Gasteiger partial charge in [-0.3, -0.25) is 0 Å². The Morgan fingerprint density at radius 2 is 2.31 bits per heavy atom. The van der Waals surface area contributed by atoms with Crippen LogP contribution in [0.3, 0.4) is 0 Å². The second-order valence-electron chi connectivity index (χ2n) is 4.17. The Morgan fingerprint density at radius 1 is 1.44 bits per heavy atom. The van der Waals surface area contributed by atoms with Gasteiger partial charge in [-0.25, -0.2) is 0 Å². The third-order valence-corrected chi connectivity index (χ3v) is 2.66. The monoisotopic (exact) mass is 231 g/mol. The van der Waals surface area contributed by atoms with Crippen molar-refractivity contribution in [1.82, 2.24) is 5.32 Å². The Hall–Kier alpha value is -0.160. The summed E-state index contributed by atoms with van der Waals surface area (Å²) in [5.41, 5.74) is 0. The molecule has 1 N–H and O–H groups in total. The quantitative estimate of drug-likeness (QED) is 0.605. The fourth-order valence-electron chi connectivity index (χ4n) is 1.76. The molecule has 1 saturated heterocycles. The van der Waals surface area contributed by atoms with Crippen LogP contribution in [0.1, 0.15) is 26.7 Å². The maximum Gasteiger partial charge on any atom is 0.0704 e. The average molecular weight is 231 g/mol. The first-order chi connectivity index (χ1) is 7.83. The first-order valence-electron chi connectivity index (χ1n) is 6.34. The van der Waals surface area contributed by atoms with Gasteiger partial charge in [-0.1, -0.05) is 0 Å². The summed E-state index contributed by atoms with van der Waals surface area (Å²) in [6.07, 6.45) is 3.04. The van der Waals surface area contributed by atoms with Crippen LogP contribution in [0.2, 0.25) is 0 Å². The Kier molecular flexibility index (Phi) is 7.76. The van der Waals surface area contributed by atoms with E-state index >= 15 is 0 Å². The van der Waals surface area contributed by atoms with Crippen LogP contribution in [0.25, 0.3) is 0 Å². The lowest BCUT2D eigenvalue weighted by Crippen LogP contribution is -2.33. The first-order valence-corrected chi connectivity index (χ1v) is 6.34. The largest absolute Gasteiger partial charge is 0.379 e. The topological polar surface area (TPSA) is 39.7 Å². The molecule has 96 valence electrons. The molecule has 4 nitrogen and oxygen atoms in total. The van der Waals surface area contributed by atoms with Crippen LogP contribution in [0.4, 0.5) is 0 Å². The highest BCUT2D eigenvalue weighted by molar-refractivity contribution is 4.68. The van der Waals surface area contributed by atoms with Gasteiger partial charge in [0.1, 0.15) is 0 Å². The minimum absolute atomic E-state index is 0.238. The molecule has 0 aromatic heterocycles. The van der Waals surface area contributed by atoms with Crippen molar-refractivity contribution in [3.8, 4) is 0 Å². The van der Waals surface area contributed by atoms with Crippen molar-refractivity contribution in [2.24, 2.45) is 0 Å². The molecule has 0 saturated carbocycles. The summed E-state index contributed by atoms with van der Waals surface area (Å²) >= 11 is 0. The summed E-state index contributed by atoms with van der Waals surface area (Å²) in [6, 6.07) is 0. The summed E-state index contributed by atoms with van der Waals surface area (Å²) < 4.78 is 16.3. The summed E-state index contributed by atoms with van der Waals surface area (Å²) in [5, 5.41) is 3.38. The molecule has 0 radical (unpaired) electrons. The van der Waals surface area contributed by atoms with Gasteiger partial charge in [-0.2, -0.15) is 0 Å². The van der Waals surface area contributed by atoms with Crippen LogP contribution < -0.4 is 5.32 Å². The maximum atomic E-state index is 5.58. The van der Waals surface area contributed by atoms with Crippen LogP contribution >= 0.6 is 0 Å². The van der Waals surface area contributed by atoms with E-state index in [9.17, 15) is 0 Å². The van der Waals surface area contributed by atoms with E-state index in [2.05, 4.69) is 12.2 Å². The van der Waals surface area contributed by atoms with E-state index in [0.717, 1.165) is 26.3 Å². The van der Waals surface area contributed by atoms with Crippen molar-refractivity contribution in [2.75, 3.05) is 39.5 Å². The lowest BCUT2D eigenvalue weighted by molar-refractivity contribution is 0.0143. The zero-order valence-electron chi connectivity index (χ0n) is 10.5. The minimum Gasteiger partial charge on any atom is -0.379 e. The highest BCUT2D eigenvalue weighted by Crippen LogP contribution is 2.10. The van der Waals surface area contributed by atoms with E-state index in [1.165, 1.54) is 12.8 Å². The van der Waals surface area contributed by atoms with E-state index in [0.29, 0.717) is 19.3 Å². The predicted octanol–water partition coefficient (Wildman–Crippen LogP) is 1.20. The Balaban J connectivity index is 1.87. The maximum absolute atomic E-state index is 5.58. The molecule has 2 unspecified atom stereocenters. The third kappa shape index (κ3) is 6.43. The molecule has 1 rings (SSSR count). The molecule has 16 heavy (non-hydrogen) atoms. The van der Waals surface area contributed by atoms with Crippen molar-refractivity contribution in [2.45, 2.75) is 38.9 Å². The number of ether oxygens (including phenoxy) is 3. The van der Waals surface area contributed by atoms with Crippen molar-refractivity contribution >= 4 is 0 Å². The Labute approximate surface area is 98.6 Å². The molecular formula is C12H25NO3. The average Bonchev–Trinajstić information content (AvgIpc) is 2.77.